The average molecular weight is 198 g/mol. The van der Waals surface area contributed by atoms with Gasteiger partial charge in [-0.25, -0.2) is 4.79 Å². The van der Waals surface area contributed by atoms with Crippen molar-refractivity contribution in [3.05, 3.63) is 12.2 Å². The van der Waals surface area contributed by atoms with E-state index in [4.69, 9.17) is 4.74 Å². The third kappa shape index (κ3) is 9.30. The van der Waals surface area contributed by atoms with Crippen molar-refractivity contribution in [3.63, 3.8) is 0 Å². The summed E-state index contributed by atoms with van der Waals surface area (Å²) in [4.78, 5) is 11.2. The number of hydrogen-bond acceptors (Lipinski definition) is 2. The number of rotatable bonds is 5. The quantitative estimate of drug-likeness (QED) is 0.384. The van der Waals surface area contributed by atoms with Gasteiger partial charge < -0.3 is 4.74 Å². The number of hydrogen-bond donors (Lipinski definition) is 0. The molecule has 0 aromatic rings. The Morgan fingerprint density at radius 3 is 2.43 bits per heavy atom. The van der Waals surface area contributed by atoms with E-state index in [1.807, 2.05) is 26.8 Å². The second-order valence-corrected chi connectivity index (χ2v) is 4.43. The molecular weight excluding hydrogens is 176 g/mol. The van der Waals surface area contributed by atoms with Crippen LogP contribution in [0.3, 0.4) is 0 Å². The van der Waals surface area contributed by atoms with E-state index in [-0.39, 0.29) is 11.6 Å². The lowest BCUT2D eigenvalue weighted by Gasteiger charge is -2.17. The highest BCUT2D eigenvalue weighted by atomic mass is 16.6. The Morgan fingerprint density at radius 1 is 1.29 bits per heavy atom. The zero-order valence-corrected chi connectivity index (χ0v) is 9.80. The van der Waals surface area contributed by atoms with Gasteiger partial charge >= 0.3 is 5.97 Å². The number of carbonyl (C=O) groups excluding carboxylic acids is 1. The minimum absolute atomic E-state index is 0.242. The highest BCUT2D eigenvalue weighted by molar-refractivity contribution is 5.82. The van der Waals surface area contributed by atoms with Crippen LogP contribution in [0.2, 0.25) is 0 Å². The van der Waals surface area contributed by atoms with Gasteiger partial charge in [0, 0.05) is 6.08 Å². The third-order valence-corrected chi connectivity index (χ3v) is 1.64. The summed E-state index contributed by atoms with van der Waals surface area (Å²) in [6.07, 6.45) is 7.96. The molecule has 0 rings (SSSR count). The van der Waals surface area contributed by atoms with E-state index in [1.54, 1.807) is 0 Å². The molecule has 0 saturated heterocycles. The van der Waals surface area contributed by atoms with Gasteiger partial charge in [-0.1, -0.05) is 25.8 Å². The summed E-state index contributed by atoms with van der Waals surface area (Å²) in [7, 11) is 0. The number of allylic oxidation sites excluding steroid dienone is 1. The summed E-state index contributed by atoms with van der Waals surface area (Å²) >= 11 is 0. The van der Waals surface area contributed by atoms with E-state index in [0.29, 0.717) is 0 Å². The summed E-state index contributed by atoms with van der Waals surface area (Å²) in [5, 5.41) is 0. The van der Waals surface area contributed by atoms with Gasteiger partial charge in [-0.2, -0.15) is 0 Å². The minimum atomic E-state index is -0.384. The van der Waals surface area contributed by atoms with Gasteiger partial charge in [0.15, 0.2) is 0 Å². The molecule has 14 heavy (non-hydrogen) atoms. The maximum absolute atomic E-state index is 11.2. The van der Waals surface area contributed by atoms with Crippen LogP contribution in [0, 0.1) is 0 Å². The molecule has 0 radical (unpaired) electrons. The molecule has 0 aromatic heterocycles. The Balaban J connectivity index is 3.61. The van der Waals surface area contributed by atoms with Crippen LogP contribution in [0.1, 0.15) is 53.4 Å². The van der Waals surface area contributed by atoms with Crippen molar-refractivity contribution in [2.75, 3.05) is 0 Å². The molecule has 0 amide bonds. The largest absolute Gasteiger partial charge is 0.457 e. The second kappa shape index (κ2) is 6.63. The topological polar surface area (TPSA) is 26.3 Å². The summed E-state index contributed by atoms with van der Waals surface area (Å²) in [5.74, 6) is -0.242. The molecule has 0 saturated carbocycles. The van der Waals surface area contributed by atoms with Gasteiger partial charge in [0.25, 0.3) is 0 Å². The first-order chi connectivity index (χ1) is 6.45. The molecule has 0 aromatic carbocycles. The predicted molar refractivity (Wildman–Crippen MR) is 59.1 cm³/mol. The van der Waals surface area contributed by atoms with Crippen LogP contribution in [0.15, 0.2) is 12.2 Å². The maximum Gasteiger partial charge on any atom is 0.330 e. The summed E-state index contributed by atoms with van der Waals surface area (Å²) in [6, 6.07) is 0. The molecule has 0 aliphatic carbocycles. The second-order valence-electron chi connectivity index (χ2n) is 4.43. The smallest absolute Gasteiger partial charge is 0.330 e. The minimum Gasteiger partial charge on any atom is -0.457 e. The summed E-state index contributed by atoms with van der Waals surface area (Å²) < 4.78 is 5.12. The molecule has 0 heterocycles. The molecule has 0 N–H and O–H groups in total. The first-order valence-corrected chi connectivity index (χ1v) is 5.35. The monoisotopic (exact) mass is 198 g/mol. The molecule has 2 nitrogen and oxygen atoms in total. The molecule has 2 heteroatoms. The van der Waals surface area contributed by atoms with E-state index in [0.717, 1.165) is 12.8 Å². The lowest BCUT2D eigenvalue weighted by molar-refractivity contribution is -0.148. The first-order valence-electron chi connectivity index (χ1n) is 5.35. The molecule has 0 atom stereocenters. The fourth-order valence-corrected chi connectivity index (χ4v) is 1.03. The number of carbonyl (C=O) groups is 1. The average Bonchev–Trinajstić information content (AvgIpc) is 2.00. The van der Waals surface area contributed by atoms with Crippen molar-refractivity contribution in [1.82, 2.24) is 0 Å². The highest BCUT2D eigenvalue weighted by Gasteiger charge is 2.13. The Morgan fingerprint density at radius 2 is 1.93 bits per heavy atom. The van der Waals surface area contributed by atoms with Crippen LogP contribution in [0.5, 0.6) is 0 Å². The van der Waals surface area contributed by atoms with Gasteiger partial charge in [0.05, 0.1) is 0 Å². The fourth-order valence-electron chi connectivity index (χ4n) is 1.03. The summed E-state index contributed by atoms with van der Waals surface area (Å²) in [6.45, 7) is 7.78. The number of ether oxygens (including phenoxy) is 1. The molecule has 0 aliphatic heterocycles. The third-order valence-electron chi connectivity index (χ3n) is 1.64. The Labute approximate surface area is 87.3 Å². The molecule has 82 valence electrons. The van der Waals surface area contributed by atoms with Gasteiger partial charge in [-0.3, -0.25) is 0 Å². The van der Waals surface area contributed by atoms with Gasteiger partial charge in [-0.05, 0) is 33.6 Å². The standard InChI is InChI=1S/C12H22O2/c1-5-6-7-8-9-10-11(13)14-12(2,3)4/h9-10H,5-8H2,1-4H3. The maximum atomic E-state index is 11.2. The van der Waals surface area contributed by atoms with Crippen molar-refractivity contribution in [2.24, 2.45) is 0 Å². The van der Waals surface area contributed by atoms with Crippen molar-refractivity contribution >= 4 is 5.97 Å². The number of esters is 1. The van der Waals surface area contributed by atoms with E-state index < -0.39 is 0 Å². The van der Waals surface area contributed by atoms with Crippen LogP contribution < -0.4 is 0 Å². The van der Waals surface area contributed by atoms with Crippen LogP contribution in [0.25, 0.3) is 0 Å². The van der Waals surface area contributed by atoms with E-state index in [2.05, 4.69) is 6.92 Å². The van der Waals surface area contributed by atoms with Gasteiger partial charge in [-0.15, -0.1) is 0 Å². The van der Waals surface area contributed by atoms with Crippen molar-refractivity contribution in [3.8, 4) is 0 Å². The normalized spacial score (nSPS) is 12.0. The van der Waals surface area contributed by atoms with Gasteiger partial charge in [0.2, 0.25) is 0 Å². The molecule has 0 unspecified atom stereocenters. The van der Waals surface area contributed by atoms with E-state index in [1.165, 1.54) is 18.9 Å². The SMILES string of the molecule is CCCCCC=CC(=O)OC(C)(C)C. The number of unbranched alkanes of at least 4 members (excludes halogenated alkanes) is 3. The van der Waals surface area contributed by atoms with Crippen LogP contribution in [-0.4, -0.2) is 11.6 Å². The molecular formula is C12H22O2. The van der Waals surface area contributed by atoms with E-state index in [9.17, 15) is 4.79 Å². The van der Waals surface area contributed by atoms with Crippen molar-refractivity contribution in [2.45, 2.75) is 59.0 Å². The van der Waals surface area contributed by atoms with Crippen LogP contribution in [0.4, 0.5) is 0 Å². The summed E-state index contributed by atoms with van der Waals surface area (Å²) in [5.41, 5.74) is -0.384. The van der Waals surface area contributed by atoms with Gasteiger partial charge in [0.1, 0.15) is 5.60 Å². The Kier molecular flexibility index (Phi) is 6.26. The van der Waals surface area contributed by atoms with Crippen LogP contribution >= 0.6 is 0 Å². The molecule has 0 fully saturated rings. The lowest BCUT2D eigenvalue weighted by atomic mass is 10.2. The molecule has 0 spiro atoms. The Hall–Kier alpha value is -0.790. The highest BCUT2D eigenvalue weighted by Crippen LogP contribution is 2.07. The Bertz CT molecular complexity index is 187. The fraction of sp³-hybridized carbons (Fsp3) is 0.750. The van der Waals surface area contributed by atoms with Crippen LogP contribution in [-0.2, 0) is 9.53 Å². The van der Waals surface area contributed by atoms with Crippen molar-refractivity contribution in [1.29, 1.82) is 0 Å². The lowest BCUT2D eigenvalue weighted by Crippen LogP contribution is -2.22. The van der Waals surface area contributed by atoms with Crippen molar-refractivity contribution < 1.29 is 9.53 Å². The molecule has 0 aliphatic rings. The zero-order valence-electron chi connectivity index (χ0n) is 9.80. The zero-order chi connectivity index (χ0) is 11.0. The predicted octanol–water partition coefficient (Wildman–Crippen LogP) is 3.46. The molecule has 0 bridgehead atoms. The van der Waals surface area contributed by atoms with E-state index >= 15 is 0 Å². The first kappa shape index (κ1) is 13.2.